The lowest BCUT2D eigenvalue weighted by Crippen LogP contribution is -2.25. The smallest absolute Gasteiger partial charge is 0.328 e. The van der Waals surface area contributed by atoms with E-state index in [4.69, 9.17) is 16.7 Å². The van der Waals surface area contributed by atoms with E-state index in [1.54, 1.807) is 12.1 Å². The molecule has 0 aromatic heterocycles. The Balaban J connectivity index is 2.29. The number of carboxylic acid groups (broad SMARTS) is 1. The standard InChI is InChI=1S/C17H22ClNO2/c1-17(2)8-3-10-19(11-9-17)15-12-14(18)6-4-13(15)5-7-16(20)21/h4-7,12H,3,8-11H2,1-2H3,(H,20,21)/b7-5+. The van der Waals surface area contributed by atoms with Crippen molar-refractivity contribution in [2.45, 2.75) is 33.1 Å². The fourth-order valence-electron chi connectivity index (χ4n) is 2.76. The quantitative estimate of drug-likeness (QED) is 0.838. The summed E-state index contributed by atoms with van der Waals surface area (Å²) in [5.41, 5.74) is 2.30. The van der Waals surface area contributed by atoms with Gasteiger partial charge in [0.2, 0.25) is 0 Å². The fourth-order valence-corrected chi connectivity index (χ4v) is 2.92. The van der Waals surface area contributed by atoms with E-state index in [9.17, 15) is 4.79 Å². The molecular formula is C17H22ClNO2. The predicted octanol–water partition coefficient (Wildman–Crippen LogP) is 4.45. The minimum atomic E-state index is -0.937. The van der Waals surface area contributed by atoms with Crippen LogP contribution in [-0.2, 0) is 4.79 Å². The summed E-state index contributed by atoms with van der Waals surface area (Å²) in [5, 5.41) is 9.50. The molecule has 1 heterocycles. The third-order valence-corrected chi connectivity index (χ3v) is 4.31. The molecule has 1 N–H and O–H groups in total. The van der Waals surface area contributed by atoms with Crippen LogP contribution in [-0.4, -0.2) is 24.2 Å². The van der Waals surface area contributed by atoms with Gasteiger partial charge in [0.25, 0.3) is 0 Å². The third kappa shape index (κ3) is 4.50. The lowest BCUT2D eigenvalue weighted by molar-refractivity contribution is -0.131. The van der Waals surface area contributed by atoms with Crippen LogP contribution in [0, 0.1) is 5.41 Å². The second-order valence-electron chi connectivity index (χ2n) is 6.38. The number of aliphatic carboxylic acids is 1. The van der Waals surface area contributed by atoms with Gasteiger partial charge in [-0.3, -0.25) is 0 Å². The minimum Gasteiger partial charge on any atom is -0.478 e. The molecule has 0 bridgehead atoms. The van der Waals surface area contributed by atoms with Gasteiger partial charge in [0.1, 0.15) is 0 Å². The molecule has 0 unspecified atom stereocenters. The topological polar surface area (TPSA) is 40.5 Å². The van der Waals surface area contributed by atoms with Crippen LogP contribution in [0.25, 0.3) is 6.08 Å². The highest BCUT2D eigenvalue weighted by Gasteiger charge is 2.24. The first kappa shape index (κ1) is 15.9. The summed E-state index contributed by atoms with van der Waals surface area (Å²) < 4.78 is 0. The second-order valence-corrected chi connectivity index (χ2v) is 6.82. The van der Waals surface area contributed by atoms with Gasteiger partial charge in [0, 0.05) is 29.9 Å². The normalized spacial score (nSPS) is 18.7. The van der Waals surface area contributed by atoms with Crippen LogP contribution in [0.15, 0.2) is 24.3 Å². The first-order chi connectivity index (χ1) is 9.87. The van der Waals surface area contributed by atoms with Crippen LogP contribution in [0.2, 0.25) is 5.02 Å². The van der Waals surface area contributed by atoms with Gasteiger partial charge in [-0.1, -0.05) is 31.5 Å². The van der Waals surface area contributed by atoms with Crippen molar-refractivity contribution in [1.29, 1.82) is 0 Å². The summed E-state index contributed by atoms with van der Waals surface area (Å²) in [6.07, 6.45) is 6.30. The SMILES string of the molecule is CC1(C)CCCN(c2cc(Cl)ccc2/C=C/C(=O)O)CC1. The van der Waals surface area contributed by atoms with Crippen molar-refractivity contribution < 1.29 is 9.90 Å². The predicted molar refractivity (Wildman–Crippen MR) is 88.0 cm³/mol. The largest absolute Gasteiger partial charge is 0.478 e. The number of carbonyl (C=O) groups is 1. The van der Waals surface area contributed by atoms with Crippen molar-refractivity contribution in [1.82, 2.24) is 0 Å². The van der Waals surface area contributed by atoms with Crippen molar-refractivity contribution in [3.8, 4) is 0 Å². The molecule has 1 aromatic rings. The van der Waals surface area contributed by atoms with Gasteiger partial charge < -0.3 is 10.0 Å². The molecule has 114 valence electrons. The van der Waals surface area contributed by atoms with Crippen LogP contribution < -0.4 is 4.90 Å². The Hall–Kier alpha value is -1.48. The highest BCUT2D eigenvalue weighted by Crippen LogP contribution is 2.34. The van der Waals surface area contributed by atoms with Crippen molar-refractivity contribution in [2.75, 3.05) is 18.0 Å². The Morgan fingerprint density at radius 2 is 2.10 bits per heavy atom. The summed E-state index contributed by atoms with van der Waals surface area (Å²) in [7, 11) is 0. The van der Waals surface area contributed by atoms with Crippen LogP contribution in [0.5, 0.6) is 0 Å². The van der Waals surface area contributed by atoms with E-state index in [1.165, 1.54) is 12.5 Å². The van der Waals surface area contributed by atoms with Crippen LogP contribution in [0.4, 0.5) is 5.69 Å². The minimum absolute atomic E-state index is 0.365. The molecule has 2 rings (SSSR count). The molecule has 0 radical (unpaired) electrons. The third-order valence-electron chi connectivity index (χ3n) is 4.08. The number of nitrogens with zero attached hydrogens (tertiary/aromatic N) is 1. The molecule has 0 aliphatic carbocycles. The lowest BCUT2D eigenvalue weighted by atomic mass is 9.85. The van der Waals surface area contributed by atoms with E-state index in [0.717, 1.165) is 37.2 Å². The summed E-state index contributed by atoms with van der Waals surface area (Å²) in [6.45, 7) is 6.57. The number of rotatable bonds is 3. The molecule has 0 spiro atoms. The van der Waals surface area contributed by atoms with Crippen LogP contribution in [0.1, 0.15) is 38.7 Å². The highest BCUT2D eigenvalue weighted by atomic mass is 35.5. The zero-order chi connectivity index (χ0) is 15.5. The Bertz CT molecular complexity index is 552. The molecule has 0 amide bonds. The second kappa shape index (κ2) is 6.52. The molecule has 1 fully saturated rings. The molecule has 1 saturated heterocycles. The number of benzene rings is 1. The first-order valence-electron chi connectivity index (χ1n) is 7.33. The monoisotopic (exact) mass is 307 g/mol. The average molecular weight is 308 g/mol. The van der Waals surface area contributed by atoms with E-state index in [2.05, 4.69) is 18.7 Å². The van der Waals surface area contributed by atoms with Gasteiger partial charge in [0.05, 0.1) is 0 Å². The maximum absolute atomic E-state index is 10.7. The molecule has 1 aliphatic rings. The Kier molecular flexibility index (Phi) is 4.94. The number of hydrogen-bond donors (Lipinski definition) is 1. The first-order valence-corrected chi connectivity index (χ1v) is 7.71. The average Bonchev–Trinajstić information content (AvgIpc) is 2.58. The van der Waals surface area contributed by atoms with Crippen LogP contribution >= 0.6 is 11.6 Å². The van der Waals surface area contributed by atoms with Gasteiger partial charge >= 0.3 is 5.97 Å². The van der Waals surface area contributed by atoms with Crippen molar-refractivity contribution in [2.24, 2.45) is 5.41 Å². The Morgan fingerprint density at radius 3 is 2.81 bits per heavy atom. The van der Waals surface area contributed by atoms with Gasteiger partial charge in [-0.25, -0.2) is 4.79 Å². The van der Waals surface area contributed by atoms with E-state index in [1.807, 2.05) is 12.1 Å². The van der Waals surface area contributed by atoms with Crippen molar-refractivity contribution >= 4 is 29.3 Å². The highest BCUT2D eigenvalue weighted by molar-refractivity contribution is 6.31. The Morgan fingerprint density at radius 1 is 1.33 bits per heavy atom. The van der Waals surface area contributed by atoms with Gasteiger partial charge in [-0.05, 0) is 48.4 Å². The molecule has 0 saturated carbocycles. The van der Waals surface area contributed by atoms with E-state index >= 15 is 0 Å². The van der Waals surface area contributed by atoms with Crippen molar-refractivity contribution in [3.05, 3.63) is 34.9 Å². The van der Waals surface area contributed by atoms with Crippen LogP contribution in [0.3, 0.4) is 0 Å². The number of hydrogen-bond acceptors (Lipinski definition) is 2. The van der Waals surface area contributed by atoms with E-state index < -0.39 is 5.97 Å². The molecule has 1 aromatic carbocycles. The number of anilines is 1. The maximum atomic E-state index is 10.7. The maximum Gasteiger partial charge on any atom is 0.328 e. The molecule has 1 aliphatic heterocycles. The molecule has 0 atom stereocenters. The Labute approximate surface area is 131 Å². The molecular weight excluding hydrogens is 286 g/mol. The van der Waals surface area contributed by atoms with Crippen molar-refractivity contribution in [3.63, 3.8) is 0 Å². The fraction of sp³-hybridized carbons (Fsp3) is 0.471. The number of halogens is 1. The van der Waals surface area contributed by atoms with Gasteiger partial charge in [-0.2, -0.15) is 0 Å². The summed E-state index contributed by atoms with van der Waals surface area (Å²) >= 11 is 6.13. The summed E-state index contributed by atoms with van der Waals surface area (Å²) in [5.74, 6) is -0.937. The molecule has 3 nitrogen and oxygen atoms in total. The molecule has 4 heteroatoms. The summed E-state index contributed by atoms with van der Waals surface area (Å²) in [6, 6.07) is 5.61. The zero-order valence-electron chi connectivity index (χ0n) is 12.6. The number of carboxylic acids is 1. The zero-order valence-corrected chi connectivity index (χ0v) is 13.4. The lowest BCUT2D eigenvalue weighted by Gasteiger charge is -2.26. The van der Waals surface area contributed by atoms with Gasteiger partial charge in [-0.15, -0.1) is 0 Å². The van der Waals surface area contributed by atoms with E-state index in [0.29, 0.717) is 10.4 Å². The van der Waals surface area contributed by atoms with Gasteiger partial charge in [0.15, 0.2) is 0 Å². The van der Waals surface area contributed by atoms with E-state index in [-0.39, 0.29) is 0 Å². The molecule has 21 heavy (non-hydrogen) atoms. The summed E-state index contributed by atoms with van der Waals surface area (Å²) in [4.78, 5) is 13.1.